The van der Waals surface area contributed by atoms with Crippen LogP contribution in [0.3, 0.4) is 0 Å². The maximum atomic E-state index is 12.9. The van der Waals surface area contributed by atoms with E-state index >= 15 is 0 Å². The molecular formula is C20H22BrNO3. The van der Waals surface area contributed by atoms with Gasteiger partial charge < -0.3 is 14.4 Å². The van der Waals surface area contributed by atoms with Crippen LogP contribution < -0.4 is 14.4 Å². The number of methoxy groups -OCH3 is 1. The van der Waals surface area contributed by atoms with Gasteiger partial charge in [0.1, 0.15) is 0 Å². The number of ether oxygens (including phenoxy) is 2. The molecule has 1 aliphatic rings. The number of anilines is 1. The van der Waals surface area contributed by atoms with Crippen molar-refractivity contribution in [3.05, 3.63) is 52.0 Å². The predicted molar refractivity (Wildman–Crippen MR) is 103 cm³/mol. The van der Waals surface area contributed by atoms with Gasteiger partial charge in [-0.2, -0.15) is 0 Å². The van der Waals surface area contributed by atoms with Crippen LogP contribution in [0.4, 0.5) is 5.69 Å². The quantitative estimate of drug-likeness (QED) is 0.709. The molecule has 132 valence electrons. The molecule has 0 saturated carbocycles. The first kappa shape index (κ1) is 17.8. The summed E-state index contributed by atoms with van der Waals surface area (Å²) in [5.41, 5.74) is 3.15. The number of rotatable bonds is 6. The summed E-state index contributed by atoms with van der Waals surface area (Å²) in [6.07, 6.45) is 0.622. The normalized spacial score (nSPS) is 16.1. The van der Waals surface area contributed by atoms with E-state index in [1.54, 1.807) is 7.11 Å². The van der Waals surface area contributed by atoms with E-state index in [2.05, 4.69) is 22.0 Å². The van der Waals surface area contributed by atoms with Crippen molar-refractivity contribution in [3.8, 4) is 11.5 Å². The number of nitrogens with zero attached hydrogens (tertiary/aromatic N) is 1. The molecule has 1 atom stereocenters. The molecule has 0 spiro atoms. The first-order valence-corrected chi connectivity index (χ1v) is 9.29. The fourth-order valence-corrected chi connectivity index (χ4v) is 3.86. The van der Waals surface area contributed by atoms with Gasteiger partial charge in [-0.1, -0.05) is 34.1 Å². The van der Waals surface area contributed by atoms with E-state index in [1.807, 2.05) is 49.1 Å². The van der Waals surface area contributed by atoms with Crippen LogP contribution in [0.25, 0.3) is 0 Å². The average Bonchev–Trinajstić information content (AvgIpc) is 2.89. The Morgan fingerprint density at radius 1 is 1.16 bits per heavy atom. The highest BCUT2D eigenvalue weighted by Gasteiger charge is 2.36. The second-order valence-corrected chi connectivity index (χ2v) is 6.78. The maximum absolute atomic E-state index is 12.9. The van der Waals surface area contributed by atoms with Crippen molar-refractivity contribution in [1.29, 1.82) is 0 Å². The molecule has 3 rings (SSSR count). The van der Waals surface area contributed by atoms with E-state index in [4.69, 9.17) is 9.47 Å². The van der Waals surface area contributed by atoms with Gasteiger partial charge in [-0.05, 0) is 49.6 Å². The van der Waals surface area contributed by atoms with E-state index in [9.17, 15) is 4.79 Å². The zero-order chi connectivity index (χ0) is 18.0. The largest absolute Gasteiger partial charge is 0.493 e. The summed E-state index contributed by atoms with van der Waals surface area (Å²) in [4.78, 5) is 14.8. The van der Waals surface area contributed by atoms with Crippen LogP contribution in [0.2, 0.25) is 0 Å². The van der Waals surface area contributed by atoms with Crippen molar-refractivity contribution in [2.75, 3.05) is 25.2 Å². The van der Waals surface area contributed by atoms with Crippen molar-refractivity contribution in [1.82, 2.24) is 0 Å². The van der Waals surface area contributed by atoms with Crippen molar-refractivity contribution in [3.63, 3.8) is 0 Å². The van der Waals surface area contributed by atoms with Crippen LogP contribution in [-0.4, -0.2) is 26.2 Å². The Balaban J connectivity index is 1.97. The third-order valence-electron chi connectivity index (χ3n) is 4.54. The molecule has 1 aliphatic heterocycles. The summed E-state index contributed by atoms with van der Waals surface area (Å²) < 4.78 is 12.0. The second-order valence-electron chi connectivity index (χ2n) is 5.93. The van der Waals surface area contributed by atoms with Gasteiger partial charge >= 0.3 is 0 Å². The number of para-hydroxylation sites is 1. The lowest BCUT2D eigenvalue weighted by Crippen LogP contribution is -2.29. The van der Waals surface area contributed by atoms with Crippen LogP contribution in [0, 0.1) is 0 Å². The van der Waals surface area contributed by atoms with E-state index < -0.39 is 0 Å². The highest BCUT2D eigenvalue weighted by atomic mass is 79.9. The smallest absolute Gasteiger partial charge is 0.234 e. The highest BCUT2D eigenvalue weighted by molar-refractivity contribution is 9.10. The number of benzene rings is 2. The van der Waals surface area contributed by atoms with Crippen molar-refractivity contribution in [2.24, 2.45) is 0 Å². The Bertz CT molecular complexity index is 791. The van der Waals surface area contributed by atoms with Crippen LogP contribution in [-0.2, 0) is 11.2 Å². The van der Waals surface area contributed by atoms with Gasteiger partial charge in [0.25, 0.3) is 0 Å². The molecule has 5 heteroatoms. The molecule has 1 heterocycles. The Kier molecular flexibility index (Phi) is 5.33. The Hall–Kier alpha value is -2.01. The van der Waals surface area contributed by atoms with Crippen LogP contribution in [0.15, 0.2) is 40.9 Å². The van der Waals surface area contributed by atoms with E-state index in [0.717, 1.165) is 21.3 Å². The molecule has 0 N–H and O–H groups in total. The molecule has 2 aromatic carbocycles. The highest BCUT2D eigenvalue weighted by Crippen LogP contribution is 2.41. The first-order valence-electron chi connectivity index (χ1n) is 8.50. The SMILES string of the molecule is CCOc1cc(C[C@@H]2C(=O)N(CC)c3ccccc32)c(Br)cc1OC. The summed E-state index contributed by atoms with van der Waals surface area (Å²) in [6.45, 7) is 5.19. The van der Waals surface area contributed by atoms with Gasteiger partial charge in [-0.15, -0.1) is 0 Å². The Labute approximate surface area is 156 Å². The average molecular weight is 404 g/mol. The lowest BCUT2D eigenvalue weighted by molar-refractivity contribution is -0.119. The maximum Gasteiger partial charge on any atom is 0.234 e. The number of halogens is 1. The number of carbonyl (C=O) groups is 1. The third-order valence-corrected chi connectivity index (χ3v) is 5.28. The van der Waals surface area contributed by atoms with Gasteiger partial charge in [0.05, 0.1) is 19.6 Å². The lowest BCUT2D eigenvalue weighted by atomic mass is 9.93. The molecule has 0 aromatic heterocycles. The predicted octanol–water partition coefficient (Wildman–Crippen LogP) is 4.55. The molecule has 0 fully saturated rings. The number of hydrogen-bond donors (Lipinski definition) is 0. The van der Waals surface area contributed by atoms with Crippen LogP contribution >= 0.6 is 15.9 Å². The van der Waals surface area contributed by atoms with Crippen molar-refractivity contribution in [2.45, 2.75) is 26.2 Å². The molecule has 4 nitrogen and oxygen atoms in total. The Morgan fingerprint density at radius 2 is 1.92 bits per heavy atom. The van der Waals surface area contributed by atoms with Crippen molar-refractivity contribution >= 4 is 27.5 Å². The molecule has 0 radical (unpaired) electrons. The monoisotopic (exact) mass is 403 g/mol. The molecular weight excluding hydrogens is 382 g/mol. The second kappa shape index (κ2) is 7.48. The minimum absolute atomic E-state index is 0.157. The molecule has 0 aliphatic carbocycles. The molecule has 0 unspecified atom stereocenters. The summed E-state index contributed by atoms with van der Waals surface area (Å²) in [5, 5.41) is 0. The number of likely N-dealkylation sites (N-methyl/N-ethyl adjacent to an activating group) is 1. The van der Waals surface area contributed by atoms with E-state index in [0.29, 0.717) is 31.1 Å². The fraction of sp³-hybridized carbons (Fsp3) is 0.350. The minimum atomic E-state index is -0.171. The summed E-state index contributed by atoms with van der Waals surface area (Å²) in [6, 6.07) is 11.9. The third kappa shape index (κ3) is 3.25. The minimum Gasteiger partial charge on any atom is -0.493 e. The summed E-state index contributed by atoms with van der Waals surface area (Å²) in [5.74, 6) is 1.37. The van der Waals surface area contributed by atoms with Gasteiger partial charge in [-0.3, -0.25) is 4.79 Å². The fourth-order valence-electron chi connectivity index (χ4n) is 3.37. The van der Waals surface area contributed by atoms with Gasteiger partial charge in [-0.25, -0.2) is 0 Å². The molecule has 25 heavy (non-hydrogen) atoms. The zero-order valence-electron chi connectivity index (χ0n) is 14.7. The van der Waals surface area contributed by atoms with Crippen LogP contribution in [0.1, 0.15) is 30.9 Å². The van der Waals surface area contributed by atoms with E-state index in [-0.39, 0.29) is 11.8 Å². The number of fused-ring (bicyclic) bond motifs is 1. The van der Waals surface area contributed by atoms with Gasteiger partial charge in [0.2, 0.25) is 5.91 Å². The van der Waals surface area contributed by atoms with E-state index in [1.165, 1.54) is 0 Å². The lowest BCUT2D eigenvalue weighted by Gasteiger charge is -2.17. The zero-order valence-corrected chi connectivity index (χ0v) is 16.3. The molecule has 2 aromatic rings. The number of carbonyl (C=O) groups excluding carboxylic acids is 1. The van der Waals surface area contributed by atoms with Crippen LogP contribution in [0.5, 0.6) is 11.5 Å². The number of amides is 1. The summed E-state index contributed by atoms with van der Waals surface area (Å²) >= 11 is 3.61. The van der Waals surface area contributed by atoms with Gasteiger partial charge in [0, 0.05) is 16.7 Å². The standard InChI is InChI=1S/C20H22BrNO3/c1-4-22-17-9-7-6-8-14(17)15(20(22)23)10-13-11-19(25-5-2)18(24-3)12-16(13)21/h6-9,11-12,15H,4-5,10H2,1-3H3/t15-/m0/s1. The molecule has 0 bridgehead atoms. The Morgan fingerprint density at radius 3 is 2.60 bits per heavy atom. The summed E-state index contributed by atoms with van der Waals surface area (Å²) in [7, 11) is 1.62. The van der Waals surface area contributed by atoms with Gasteiger partial charge in [0.15, 0.2) is 11.5 Å². The number of hydrogen-bond acceptors (Lipinski definition) is 3. The topological polar surface area (TPSA) is 38.8 Å². The first-order chi connectivity index (χ1) is 12.1. The molecule has 0 saturated heterocycles. The van der Waals surface area contributed by atoms with Crippen molar-refractivity contribution < 1.29 is 14.3 Å². The molecule has 1 amide bonds.